The van der Waals surface area contributed by atoms with E-state index >= 15 is 0 Å². The fraction of sp³-hybridized carbons (Fsp3) is 0.647. The molecule has 1 aliphatic heterocycles. The molecule has 1 atom stereocenters. The lowest BCUT2D eigenvalue weighted by Crippen LogP contribution is -2.51. The predicted molar refractivity (Wildman–Crippen MR) is 92.1 cm³/mol. The molecule has 0 spiro atoms. The Morgan fingerprint density at radius 1 is 1.23 bits per heavy atom. The highest BCUT2D eigenvalue weighted by Gasteiger charge is 2.38. The van der Waals surface area contributed by atoms with Gasteiger partial charge in [0.2, 0.25) is 5.91 Å². The van der Waals surface area contributed by atoms with E-state index in [0.29, 0.717) is 6.42 Å². The van der Waals surface area contributed by atoms with Crippen molar-refractivity contribution < 1.29 is 4.79 Å². The number of carbonyl (C=O) groups is 1. The molecule has 0 bridgehead atoms. The molecule has 0 aliphatic carbocycles. The van der Waals surface area contributed by atoms with Crippen LogP contribution in [0.4, 0.5) is 0 Å². The van der Waals surface area contributed by atoms with Gasteiger partial charge in [0.15, 0.2) is 0 Å². The Morgan fingerprint density at radius 3 is 2.50 bits per heavy atom. The van der Waals surface area contributed by atoms with Gasteiger partial charge in [0.1, 0.15) is 0 Å². The summed E-state index contributed by atoms with van der Waals surface area (Å²) >= 11 is 4.55. The van der Waals surface area contributed by atoms with Crippen molar-refractivity contribution in [1.82, 2.24) is 9.47 Å². The minimum absolute atomic E-state index is 0.0258. The van der Waals surface area contributed by atoms with Crippen LogP contribution in [-0.4, -0.2) is 26.8 Å². The van der Waals surface area contributed by atoms with Crippen LogP contribution in [0.5, 0.6) is 0 Å². The highest BCUT2D eigenvalue weighted by molar-refractivity contribution is 7.81. The van der Waals surface area contributed by atoms with E-state index in [-0.39, 0.29) is 22.9 Å². The highest BCUT2D eigenvalue weighted by Crippen LogP contribution is 2.33. The molecular weight excluding hydrogens is 296 g/mol. The first-order valence-electron chi connectivity index (χ1n) is 7.85. The molecule has 1 aromatic heterocycles. The Balaban J connectivity index is 2.21. The van der Waals surface area contributed by atoms with Gasteiger partial charge in [0.05, 0.1) is 4.87 Å². The van der Waals surface area contributed by atoms with Gasteiger partial charge >= 0.3 is 0 Å². The number of likely N-dealkylation sites (tertiary alicyclic amines) is 1. The summed E-state index contributed by atoms with van der Waals surface area (Å²) < 4.78 is 1.73. The maximum absolute atomic E-state index is 12.8. The van der Waals surface area contributed by atoms with Crippen LogP contribution in [0.2, 0.25) is 0 Å². The first-order chi connectivity index (χ1) is 10.1. The molecule has 0 N–H and O–H groups in total. The maximum atomic E-state index is 12.8. The molecule has 0 aromatic carbocycles. The lowest BCUT2D eigenvalue weighted by molar-refractivity contribution is -0.142. The molecule has 22 heavy (non-hydrogen) atoms. The zero-order valence-corrected chi connectivity index (χ0v) is 14.8. The van der Waals surface area contributed by atoms with Gasteiger partial charge in [-0.15, -0.1) is 0 Å². The van der Waals surface area contributed by atoms with Gasteiger partial charge in [-0.05, 0) is 53.0 Å². The van der Waals surface area contributed by atoms with Gasteiger partial charge in [0, 0.05) is 30.3 Å². The quantitative estimate of drug-likeness (QED) is 0.866. The summed E-state index contributed by atoms with van der Waals surface area (Å²) in [5.74, 6) is 0.102. The van der Waals surface area contributed by atoms with Crippen LogP contribution in [0.1, 0.15) is 47.0 Å². The summed E-state index contributed by atoms with van der Waals surface area (Å²) in [6, 6.07) is 5.16. The minimum atomic E-state index is -0.441. The van der Waals surface area contributed by atoms with E-state index in [1.807, 2.05) is 38.7 Å². The number of nitrogens with zero attached hydrogens (tertiary/aromatic N) is 2. The number of thiol groups is 1. The maximum Gasteiger partial charge on any atom is 0.251 e. The van der Waals surface area contributed by atoms with Gasteiger partial charge in [-0.2, -0.15) is 12.6 Å². The summed E-state index contributed by atoms with van der Waals surface area (Å²) in [6.07, 6.45) is 4.33. The van der Waals surface area contributed by atoms with Crippen molar-refractivity contribution >= 4 is 18.5 Å². The zero-order chi connectivity index (χ0) is 16.5. The number of amides is 1. The molecule has 0 radical (unpaired) electrons. The Hall–Kier alpha value is -1.23. The average molecular weight is 322 g/mol. The first kappa shape index (κ1) is 17.1. The normalized spacial score (nSPS) is 20.3. The highest BCUT2D eigenvalue weighted by atomic mass is 32.1. The number of aromatic nitrogens is 1. The van der Waals surface area contributed by atoms with Gasteiger partial charge in [-0.1, -0.05) is 6.07 Å². The van der Waals surface area contributed by atoms with E-state index < -0.39 is 4.87 Å². The van der Waals surface area contributed by atoms with Crippen molar-refractivity contribution in [3.63, 3.8) is 0 Å². The van der Waals surface area contributed by atoms with Crippen LogP contribution < -0.4 is 5.56 Å². The van der Waals surface area contributed by atoms with Crippen molar-refractivity contribution in [3.8, 4) is 0 Å². The molecule has 1 fully saturated rings. The van der Waals surface area contributed by atoms with Crippen LogP contribution >= 0.6 is 12.6 Å². The molecule has 1 unspecified atom stereocenters. The van der Waals surface area contributed by atoms with Crippen LogP contribution in [0.15, 0.2) is 29.2 Å². The predicted octanol–water partition coefficient (Wildman–Crippen LogP) is 2.88. The molecule has 4 nitrogen and oxygen atoms in total. The van der Waals surface area contributed by atoms with Crippen molar-refractivity contribution in [2.75, 3.05) is 6.54 Å². The second kappa shape index (κ2) is 6.11. The SMILES string of the molecule is CC(C)(S)N1CCCC(CC(C)(C)n2ccccc2=O)C1=O. The third-order valence-electron chi connectivity index (χ3n) is 4.43. The number of rotatable bonds is 4. The number of pyridine rings is 1. The first-order valence-corrected chi connectivity index (χ1v) is 8.30. The van der Waals surface area contributed by atoms with E-state index in [0.717, 1.165) is 19.4 Å². The Bertz CT molecular complexity index is 601. The topological polar surface area (TPSA) is 42.3 Å². The van der Waals surface area contributed by atoms with E-state index in [1.54, 1.807) is 22.9 Å². The van der Waals surface area contributed by atoms with Crippen LogP contribution in [0, 0.1) is 5.92 Å². The molecule has 1 aromatic rings. The summed E-state index contributed by atoms with van der Waals surface area (Å²) in [7, 11) is 0. The molecule has 2 heterocycles. The Kier molecular flexibility index (Phi) is 4.76. The standard InChI is InChI=1S/C17H26N2O2S/c1-16(2,18-10-6-5-9-14(18)20)12-13-8-7-11-19(15(13)21)17(3,4)22/h5-6,9-10,13,22H,7-8,11-12H2,1-4H3. The Morgan fingerprint density at radius 2 is 1.91 bits per heavy atom. The third kappa shape index (κ3) is 3.57. The third-order valence-corrected chi connectivity index (χ3v) is 4.67. The molecule has 2 rings (SSSR count). The van der Waals surface area contributed by atoms with Crippen LogP contribution in [0.25, 0.3) is 0 Å². The molecule has 1 aliphatic rings. The second-order valence-corrected chi connectivity index (χ2v) is 8.34. The fourth-order valence-corrected chi connectivity index (χ4v) is 3.51. The zero-order valence-electron chi connectivity index (χ0n) is 13.9. The van der Waals surface area contributed by atoms with Crippen LogP contribution in [0.3, 0.4) is 0 Å². The number of hydrogen-bond acceptors (Lipinski definition) is 3. The smallest absolute Gasteiger partial charge is 0.251 e. The van der Waals surface area contributed by atoms with Crippen molar-refractivity contribution in [2.45, 2.75) is 57.4 Å². The number of hydrogen-bond donors (Lipinski definition) is 1. The summed E-state index contributed by atoms with van der Waals surface area (Å²) in [5, 5.41) is 0. The van der Waals surface area contributed by atoms with Crippen molar-refractivity contribution in [2.24, 2.45) is 5.92 Å². The lowest BCUT2D eigenvalue weighted by atomic mass is 9.84. The molecular formula is C17H26N2O2S. The van der Waals surface area contributed by atoms with Crippen LogP contribution in [-0.2, 0) is 10.3 Å². The van der Waals surface area contributed by atoms with E-state index in [4.69, 9.17) is 0 Å². The average Bonchev–Trinajstić information content (AvgIpc) is 2.40. The fourth-order valence-electron chi connectivity index (χ4n) is 3.31. The molecule has 1 amide bonds. The summed E-state index contributed by atoms with van der Waals surface area (Å²) in [4.78, 5) is 26.2. The number of piperidine rings is 1. The van der Waals surface area contributed by atoms with Crippen molar-refractivity contribution in [1.29, 1.82) is 0 Å². The molecule has 122 valence electrons. The van der Waals surface area contributed by atoms with Gasteiger partial charge in [-0.3, -0.25) is 9.59 Å². The van der Waals surface area contributed by atoms with Gasteiger partial charge in [-0.25, -0.2) is 0 Å². The second-order valence-electron chi connectivity index (χ2n) is 7.25. The Labute approximate surface area is 137 Å². The van der Waals surface area contributed by atoms with E-state index in [9.17, 15) is 9.59 Å². The lowest BCUT2D eigenvalue weighted by Gasteiger charge is -2.42. The monoisotopic (exact) mass is 322 g/mol. The van der Waals surface area contributed by atoms with E-state index in [2.05, 4.69) is 12.6 Å². The molecule has 5 heteroatoms. The minimum Gasteiger partial charge on any atom is -0.329 e. The summed E-state index contributed by atoms with van der Waals surface area (Å²) in [6.45, 7) is 8.70. The van der Waals surface area contributed by atoms with Gasteiger partial charge < -0.3 is 9.47 Å². The molecule has 1 saturated heterocycles. The molecule has 0 saturated carbocycles. The summed E-state index contributed by atoms with van der Waals surface area (Å²) in [5.41, 5.74) is -0.412. The van der Waals surface area contributed by atoms with E-state index in [1.165, 1.54) is 0 Å². The number of carbonyl (C=O) groups excluding carboxylic acids is 1. The largest absolute Gasteiger partial charge is 0.329 e. The van der Waals surface area contributed by atoms with Crippen molar-refractivity contribution in [3.05, 3.63) is 34.7 Å². The van der Waals surface area contributed by atoms with Gasteiger partial charge in [0.25, 0.3) is 5.56 Å².